The minimum atomic E-state index is -0.470. The predicted octanol–water partition coefficient (Wildman–Crippen LogP) is 6.15. The summed E-state index contributed by atoms with van der Waals surface area (Å²) in [5.41, 5.74) is 1.78. The van der Waals surface area contributed by atoms with Gasteiger partial charge in [0, 0.05) is 11.1 Å². The van der Waals surface area contributed by atoms with Gasteiger partial charge in [-0.3, -0.25) is 9.59 Å². The quantitative estimate of drug-likeness (QED) is 0.154. The molecule has 1 amide bonds. The van der Waals surface area contributed by atoms with Crippen LogP contribution in [0, 0.1) is 0 Å². The van der Waals surface area contributed by atoms with Crippen LogP contribution in [0.3, 0.4) is 0 Å². The number of thiazole rings is 1. The Hall–Kier alpha value is -4.27. The molecule has 0 N–H and O–H groups in total. The Kier molecular flexibility index (Phi) is 6.62. The number of rotatable bonds is 6. The van der Waals surface area contributed by atoms with Gasteiger partial charge in [-0.15, -0.1) is 0 Å². The zero-order chi connectivity index (χ0) is 25.1. The number of halogens is 1. The van der Waals surface area contributed by atoms with Gasteiger partial charge in [-0.1, -0.05) is 53.3 Å². The van der Waals surface area contributed by atoms with Gasteiger partial charge in [-0.05, 0) is 48.0 Å². The summed E-state index contributed by atoms with van der Waals surface area (Å²) in [6, 6.07) is 19.5. The number of anilines is 1. The van der Waals surface area contributed by atoms with Crippen LogP contribution in [0.2, 0.25) is 5.02 Å². The largest absolute Gasteiger partial charge is 0.497 e. The van der Waals surface area contributed by atoms with Gasteiger partial charge >= 0.3 is 0 Å². The lowest BCUT2D eigenvalue weighted by atomic mass is 10.2. The van der Waals surface area contributed by atoms with Crippen LogP contribution in [0.15, 0.2) is 93.4 Å². The van der Waals surface area contributed by atoms with E-state index in [-0.39, 0.29) is 11.0 Å². The number of hydrogen-bond donors (Lipinski definition) is 0. The van der Waals surface area contributed by atoms with Gasteiger partial charge in [-0.25, -0.2) is 4.98 Å². The van der Waals surface area contributed by atoms with Crippen molar-refractivity contribution in [2.24, 2.45) is 5.10 Å². The van der Waals surface area contributed by atoms with E-state index in [9.17, 15) is 9.59 Å². The number of methoxy groups -OCH3 is 1. The molecule has 178 valence electrons. The molecule has 36 heavy (non-hydrogen) atoms. The lowest BCUT2D eigenvalue weighted by Crippen LogP contribution is -2.24. The highest BCUT2D eigenvalue weighted by atomic mass is 35.5. The molecule has 0 bridgehead atoms. The first kappa shape index (κ1) is 23.5. The number of aromatic nitrogens is 1. The van der Waals surface area contributed by atoms with Crippen molar-refractivity contribution in [3.63, 3.8) is 0 Å². The van der Waals surface area contributed by atoms with Gasteiger partial charge in [0.15, 0.2) is 0 Å². The number of ether oxygens (including phenoxy) is 1. The van der Waals surface area contributed by atoms with Crippen LogP contribution >= 0.6 is 22.9 Å². The fourth-order valence-electron chi connectivity index (χ4n) is 3.45. The average molecular weight is 516 g/mol. The number of nitrogens with zero attached hydrogens (tertiary/aromatic N) is 3. The number of amides is 1. The van der Waals surface area contributed by atoms with Gasteiger partial charge in [-0.2, -0.15) is 10.1 Å². The first-order valence-electron chi connectivity index (χ1n) is 10.8. The second kappa shape index (κ2) is 10.2. The molecule has 0 aliphatic heterocycles. The van der Waals surface area contributed by atoms with Gasteiger partial charge in [0.1, 0.15) is 17.6 Å². The Balaban J connectivity index is 1.55. The second-order valence-electron chi connectivity index (χ2n) is 7.60. The van der Waals surface area contributed by atoms with Gasteiger partial charge < -0.3 is 9.15 Å². The molecule has 0 saturated carbocycles. The zero-order valence-electron chi connectivity index (χ0n) is 18.9. The Morgan fingerprint density at radius 2 is 1.92 bits per heavy atom. The number of para-hydroxylation sites is 1. The standard InChI is InChI=1S/C27H18ClN3O4S/c1-34-19-11-12-22-24(14-19)36-27(30-22)31(25(32)13-10-17-6-2-4-8-21(17)28)29-15-18-16-35-23-9-5-3-7-20(23)26(18)33/h2-16H,1H3/b13-10+,29-15+. The SMILES string of the molecule is COc1ccc2nc(N(/N=C/c3coc4ccccc4c3=O)C(=O)/C=C/c3ccccc3Cl)sc2c1. The summed E-state index contributed by atoms with van der Waals surface area (Å²) in [5.74, 6) is 0.203. The maximum absolute atomic E-state index is 13.3. The van der Waals surface area contributed by atoms with Crippen LogP contribution < -0.4 is 15.2 Å². The smallest absolute Gasteiger partial charge is 0.273 e. The highest BCUT2D eigenvalue weighted by molar-refractivity contribution is 7.22. The number of hydrogen-bond acceptors (Lipinski definition) is 7. The minimum absolute atomic E-state index is 0.198. The topological polar surface area (TPSA) is 85.0 Å². The second-order valence-corrected chi connectivity index (χ2v) is 9.01. The van der Waals surface area contributed by atoms with Crippen molar-refractivity contribution in [2.45, 2.75) is 0 Å². The Labute approximate surface area is 214 Å². The Morgan fingerprint density at radius 3 is 2.75 bits per heavy atom. The fourth-order valence-corrected chi connectivity index (χ4v) is 4.61. The normalized spacial score (nSPS) is 11.6. The van der Waals surface area contributed by atoms with Crippen molar-refractivity contribution >= 4 is 67.5 Å². The molecule has 2 heterocycles. The maximum Gasteiger partial charge on any atom is 0.273 e. The molecule has 0 spiro atoms. The number of fused-ring (bicyclic) bond motifs is 2. The molecule has 2 aromatic heterocycles. The third kappa shape index (κ3) is 4.77. The fraction of sp³-hybridized carbons (Fsp3) is 0.0370. The molecule has 5 rings (SSSR count). The molecule has 0 aliphatic carbocycles. The Morgan fingerprint density at radius 1 is 1.11 bits per heavy atom. The first-order chi connectivity index (χ1) is 17.5. The summed E-state index contributed by atoms with van der Waals surface area (Å²) in [6.07, 6.45) is 5.58. The summed E-state index contributed by atoms with van der Waals surface area (Å²) >= 11 is 7.49. The number of benzene rings is 3. The van der Waals surface area contributed by atoms with Crippen LogP contribution in [0.5, 0.6) is 5.75 Å². The summed E-state index contributed by atoms with van der Waals surface area (Å²) in [7, 11) is 1.58. The minimum Gasteiger partial charge on any atom is -0.497 e. The van der Waals surface area contributed by atoms with Crippen LogP contribution in [0.4, 0.5) is 5.13 Å². The van der Waals surface area contributed by atoms with E-state index in [2.05, 4.69) is 10.1 Å². The lowest BCUT2D eigenvalue weighted by Gasteiger charge is -2.11. The monoisotopic (exact) mass is 515 g/mol. The third-order valence-electron chi connectivity index (χ3n) is 5.30. The van der Waals surface area contributed by atoms with Crippen molar-refractivity contribution in [1.29, 1.82) is 0 Å². The Bertz CT molecular complexity index is 1710. The van der Waals surface area contributed by atoms with E-state index in [1.165, 1.54) is 29.9 Å². The highest BCUT2D eigenvalue weighted by Crippen LogP contribution is 2.32. The molecule has 0 aliphatic rings. The molecule has 7 nitrogen and oxygen atoms in total. The highest BCUT2D eigenvalue weighted by Gasteiger charge is 2.18. The van der Waals surface area contributed by atoms with Crippen LogP contribution in [-0.4, -0.2) is 24.2 Å². The van der Waals surface area contributed by atoms with Gasteiger partial charge in [0.25, 0.3) is 5.91 Å². The lowest BCUT2D eigenvalue weighted by molar-refractivity contribution is -0.114. The molecular formula is C27H18ClN3O4S. The maximum atomic E-state index is 13.3. The van der Waals surface area contributed by atoms with Crippen molar-refractivity contribution in [3.05, 3.63) is 105 Å². The van der Waals surface area contributed by atoms with E-state index >= 15 is 0 Å². The van der Waals surface area contributed by atoms with Crippen molar-refractivity contribution in [2.75, 3.05) is 12.1 Å². The van der Waals surface area contributed by atoms with E-state index < -0.39 is 5.91 Å². The summed E-state index contributed by atoms with van der Waals surface area (Å²) in [4.78, 5) is 30.7. The first-order valence-corrected chi connectivity index (χ1v) is 12.0. The van der Waals surface area contributed by atoms with Crippen molar-refractivity contribution in [3.8, 4) is 5.75 Å². The summed E-state index contributed by atoms with van der Waals surface area (Å²) < 4.78 is 11.7. The van der Waals surface area contributed by atoms with Gasteiger partial charge in [0.2, 0.25) is 10.6 Å². The molecule has 5 aromatic rings. The van der Waals surface area contributed by atoms with E-state index in [0.717, 1.165) is 9.71 Å². The molecule has 9 heteroatoms. The number of carbonyl (C=O) groups is 1. The number of hydrazone groups is 1. The van der Waals surface area contributed by atoms with Crippen LogP contribution in [-0.2, 0) is 4.79 Å². The van der Waals surface area contributed by atoms with E-state index in [0.29, 0.717) is 38.0 Å². The van der Waals surface area contributed by atoms with E-state index in [1.54, 1.807) is 61.7 Å². The summed E-state index contributed by atoms with van der Waals surface area (Å²) in [6.45, 7) is 0. The average Bonchev–Trinajstić information content (AvgIpc) is 3.32. The van der Waals surface area contributed by atoms with E-state index in [1.807, 2.05) is 18.2 Å². The predicted molar refractivity (Wildman–Crippen MR) is 144 cm³/mol. The molecular weight excluding hydrogens is 498 g/mol. The zero-order valence-corrected chi connectivity index (χ0v) is 20.5. The van der Waals surface area contributed by atoms with Crippen molar-refractivity contribution < 1.29 is 13.9 Å². The molecule has 0 fully saturated rings. The third-order valence-corrected chi connectivity index (χ3v) is 6.64. The molecule has 0 atom stereocenters. The van der Waals surface area contributed by atoms with Gasteiger partial charge in [0.05, 0.1) is 34.5 Å². The van der Waals surface area contributed by atoms with Crippen LogP contribution in [0.1, 0.15) is 11.1 Å². The van der Waals surface area contributed by atoms with Crippen LogP contribution in [0.25, 0.3) is 27.3 Å². The molecule has 0 unspecified atom stereocenters. The molecule has 3 aromatic carbocycles. The van der Waals surface area contributed by atoms with Crippen molar-refractivity contribution in [1.82, 2.24) is 4.98 Å². The number of carbonyl (C=O) groups excluding carboxylic acids is 1. The molecule has 0 radical (unpaired) electrons. The summed E-state index contributed by atoms with van der Waals surface area (Å²) in [5, 5.41) is 6.73. The van der Waals surface area contributed by atoms with E-state index in [4.69, 9.17) is 20.8 Å². The molecule has 0 saturated heterocycles.